The molecule has 5 nitrogen and oxygen atoms in total. The van der Waals surface area contributed by atoms with Crippen molar-refractivity contribution in [3.8, 4) is 5.75 Å². The number of nitrogens with one attached hydrogen (secondary N) is 2. The van der Waals surface area contributed by atoms with Gasteiger partial charge in [-0.3, -0.25) is 4.98 Å². The van der Waals surface area contributed by atoms with Gasteiger partial charge in [-0.15, -0.1) is 0 Å². The lowest BCUT2D eigenvalue weighted by Gasteiger charge is -2.22. The zero-order chi connectivity index (χ0) is 22.5. The van der Waals surface area contributed by atoms with Crippen LogP contribution in [-0.4, -0.2) is 42.4 Å². The van der Waals surface area contributed by atoms with E-state index >= 15 is 0 Å². The highest BCUT2D eigenvalue weighted by Crippen LogP contribution is 2.31. The third-order valence-electron chi connectivity index (χ3n) is 5.47. The monoisotopic (exact) mass is 427 g/mol. The lowest BCUT2D eigenvalue weighted by Crippen LogP contribution is -2.28. The Morgan fingerprint density at radius 1 is 1.06 bits per heavy atom. The zero-order valence-electron chi connectivity index (χ0n) is 19.8. The van der Waals surface area contributed by atoms with E-state index in [0.717, 1.165) is 73.6 Å². The minimum absolute atomic E-state index is 0.0269. The number of benzene rings is 1. The molecule has 2 rings (SSSR count). The summed E-state index contributed by atoms with van der Waals surface area (Å²) in [5.41, 5.74) is 5.06. The molecule has 172 valence electrons. The first-order valence-corrected chi connectivity index (χ1v) is 11.8. The third kappa shape index (κ3) is 8.24. The maximum absolute atomic E-state index is 10.3. The summed E-state index contributed by atoms with van der Waals surface area (Å²) in [6.07, 6.45) is 4.77. The Morgan fingerprint density at radius 2 is 1.84 bits per heavy atom. The summed E-state index contributed by atoms with van der Waals surface area (Å²) in [5.74, 6) is 0.854. The Kier molecular flexibility index (Phi) is 11.6. The lowest BCUT2D eigenvalue weighted by molar-refractivity contribution is 0.271. The molecular weight excluding hydrogens is 386 g/mol. The molecule has 0 radical (unpaired) electrons. The van der Waals surface area contributed by atoms with Crippen molar-refractivity contribution >= 4 is 0 Å². The van der Waals surface area contributed by atoms with E-state index in [1.807, 2.05) is 25.1 Å². The number of hydrogen-bond acceptors (Lipinski definition) is 5. The van der Waals surface area contributed by atoms with Crippen molar-refractivity contribution in [1.29, 1.82) is 0 Å². The van der Waals surface area contributed by atoms with Crippen LogP contribution in [0.15, 0.2) is 30.3 Å². The molecular formula is C26H41N3O2. The molecule has 1 unspecified atom stereocenters. The molecule has 0 bridgehead atoms. The van der Waals surface area contributed by atoms with Gasteiger partial charge in [-0.1, -0.05) is 44.2 Å². The van der Waals surface area contributed by atoms with Crippen LogP contribution in [0.3, 0.4) is 0 Å². The van der Waals surface area contributed by atoms with Gasteiger partial charge >= 0.3 is 0 Å². The SMILES string of the molecule is CCCNCCCCOc1c(C)nc(Cc2ccccc2)c(CO)c1CC(C)NCC. The summed E-state index contributed by atoms with van der Waals surface area (Å²) in [6.45, 7) is 12.2. The van der Waals surface area contributed by atoms with Gasteiger partial charge in [0.1, 0.15) is 5.75 Å². The predicted octanol–water partition coefficient (Wildman–Crippen LogP) is 4.17. The minimum Gasteiger partial charge on any atom is -0.491 e. The van der Waals surface area contributed by atoms with Gasteiger partial charge < -0.3 is 20.5 Å². The summed E-state index contributed by atoms with van der Waals surface area (Å²) in [6, 6.07) is 10.6. The molecule has 0 aliphatic rings. The van der Waals surface area contributed by atoms with Gasteiger partial charge in [-0.2, -0.15) is 0 Å². The topological polar surface area (TPSA) is 66.4 Å². The van der Waals surface area contributed by atoms with Crippen molar-refractivity contribution in [3.63, 3.8) is 0 Å². The molecule has 2 aromatic rings. The van der Waals surface area contributed by atoms with Gasteiger partial charge in [-0.25, -0.2) is 0 Å². The number of unbranched alkanes of at least 4 members (excludes halogenated alkanes) is 1. The second-order valence-corrected chi connectivity index (χ2v) is 8.22. The predicted molar refractivity (Wildman–Crippen MR) is 129 cm³/mol. The van der Waals surface area contributed by atoms with Crippen LogP contribution in [0, 0.1) is 6.92 Å². The number of hydrogen-bond donors (Lipinski definition) is 3. The fourth-order valence-electron chi connectivity index (χ4n) is 3.93. The van der Waals surface area contributed by atoms with Crippen molar-refractivity contribution in [2.75, 3.05) is 26.2 Å². The molecule has 5 heteroatoms. The smallest absolute Gasteiger partial charge is 0.144 e. The van der Waals surface area contributed by atoms with Crippen molar-refractivity contribution in [2.45, 2.75) is 72.4 Å². The molecule has 0 amide bonds. The van der Waals surface area contributed by atoms with Crippen molar-refractivity contribution < 1.29 is 9.84 Å². The van der Waals surface area contributed by atoms with E-state index in [9.17, 15) is 5.11 Å². The summed E-state index contributed by atoms with van der Waals surface area (Å²) >= 11 is 0. The Balaban J connectivity index is 2.23. The van der Waals surface area contributed by atoms with Gasteiger partial charge in [-0.05, 0) is 64.7 Å². The third-order valence-corrected chi connectivity index (χ3v) is 5.47. The number of aliphatic hydroxyl groups is 1. The highest BCUT2D eigenvalue weighted by atomic mass is 16.5. The van der Waals surface area contributed by atoms with Gasteiger partial charge in [0.15, 0.2) is 0 Å². The Bertz CT molecular complexity index is 765. The van der Waals surface area contributed by atoms with Crippen LogP contribution in [-0.2, 0) is 19.4 Å². The van der Waals surface area contributed by atoms with E-state index in [-0.39, 0.29) is 6.61 Å². The number of nitrogens with zero attached hydrogens (tertiary/aromatic N) is 1. The van der Waals surface area contributed by atoms with E-state index in [1.165, 1.54) is 5.56 Å². The van der Waals surface area contributed by atoms with Gasteiger partial charge in [0, 0.05) is 23.6 Å². The average Bonchev–Trinajstić information content (AvgIpc) is 2.76. The van der Waals surface area contributed by atoms with Crippen molar-refractivity contribution in [3.05, 3.63) is 58.4 Å². The number of likely N-dealkylation sites (N-methyl/N-ethyl adjacent to an activating group) is 1. The lowest BCUT2D eigenvalue weighted by atomic mass is 9.95. The number of rotatable bonds is 15. The Hall–Kier alpha value is -1.95. The number of pyridine rings is 1. The molecule has 0 spiro atoms. The second kappa shape index (κ2) is 14.2. The summed E-state index contributed by atoms with van der Waals surface area (Å²) in [4.78, 5) is 4.87. The number of ether oxygens (including phenoxy) is 1. The first-order valence-electron chi connectivity index (χ1n) is 11.8. The maximum Gasteiger partial charge on any atom is 0.144 e. The largest absolute Gasteiger partial charge is 0.491 e. The Labute approximate surface area is 188 Å². The fourth-order valence-corrected chi connectivity index (χ4v) is 3.93. The van der Waals surface area contributed by atoms with Crippen LogP contribution in [0.2, 0.25) is 0 Å². The number of aromatic nitrogens is 1. The standard InChI is InChI=1S/C26H41N3O2/c1-5-14-27-15-10-11-16-31-26-21(4)29-25(18-22-12-8-7-9-13-22)24(19-30)23(26)17-20(3)28-6-2/h7-9,12-13,20,27-28,30H,5-6,10-11,14-19H2,1-4H3. The quantitative estimate of drug-likeness (QED) is 0.372. The van der Waals surface area contributed by atoms with Crippen molar-refractivity contribution in [1.82, 2.24) is 15.6 Å². The van der Waals surface area contributed by atoms with E-state index in [0.29, 0.717) is 19.1 Å². The molecule has 1 aromatic heterocycles. The highest BCUT2D eigenvalue weighted by molar-refractivity contribution is 5.47. The molecule has 31 heavy (non-hydrogen) atoms. The normalized spacial score (nSPS) is 12.2. The molecule has 0 saturated heterocycles. The van der Waals surface area contributed by atoms with Gasteiger partial charge in [0.2, 0.25) is 0 Å². The average molecular weight is 428 g/mol. The fraction of sp³-hybridized carbons (Fsp3) is 0.577. The van der Waals surface area contributed by atoms with E-state index < -0.39 is 0 Å². The van der Waals surface area contributed by atoms with Crippen LogP contribution in [0.5, 0.6) is 5.75 Å². The molecule has 0 saturated carbocycles. The molecule has 0 aliphatic heterocycles. The van der Waals surface area contributed by atoms with Crippen molar-refractivity contribution in [2.24, 2.45) is 0 Å². The van der Waals surface area contributed by atoms with Crippen LogP contribution >= 0.6 is 0 Å². The van der Waals surface area contributed by atoms with Crippen LogP contribution in [0.25, 0.3) is 0 Å². The first kappa shape index (κ1) is 25.3. The van der Waals surface area contributed by atoms with Gasteiger partial charge in [0.05, 0.1) is 24.6 Å². The van der Waals surface area contributed by atoms with E-state index in [1.54, 1.807) is 0 Å². The zero-order valence-corrected chi connectivity index (χ0v) is 19.8. The second-order valence-electron chi connectivity index (χ2n) is 8.22. The molecule has 3 N–H and O–H groups in total. The summed E-state index contributed by atoms with van der Waals surface area (Å²) < 4.78 is 6.27. The number of aryl methyl sites for hydroxylation is 1. The highest BCUT2D eigenvalue weighted by Gasteiger charge is 2.20. The molecule has 0 fully saturated rings. The summed E-state index contributed by atoms with van der Waals surface area (Å²) in [5, 5.41) is 17.2. The van der Waals surface area contributed by atoms with Crippen LogP contribution in [0.1, 0.15) is 68.1 Å². The van der Waals surface area contributed by atoms with Crippen LogP contribution < -0.4 is 15.4 Å². The maximum atomic E-state index is 10.3. The first-order chi connectivity index (χ1) is 15.1. The molecule has 0 aliphatic carbocycles. The van der Waals surface area contributed by atoms with Gasteiger partial charge in [0.25, 0.3) is 0 Å². The molecule has 1 atom stereocenters. The summed E-state index contributed by atoms with van der Waals surface area (Å²) in [7, 11) is 0. The number of aliphatic hydroxyl groups excluding tert-OH is 1. The molecule has 1 heterocycles. The minimum atomic E-state index is -0.0269. The molecule has 1 aromatic carbocycles. The Morgan fingerprint density at radius 3 is 2.52 bits per heavy atom. The van der Waals surface area contributed by atoms with E-state index in [2.05, 4.69) is 43.5 Å². The van der Waals surface area contributed by atoms with Crippen LogP contribution in [0.4, 0.5) is 0 Å². The van der Waals surface area contributed by atoms with E-state index in [4.69, 9.17) is 9.72 Å².